The van der Waals surface area contributed by atoms with E-state index < -0.39 is 0 Å². The molecule has 1 aliphatic rings. The predicted molar refractivity (Wildman–Crippen MR) is 70.0 cm³/mol. The normalized spacial score (nSPS) is 19.7. The number of amides is 1. The molecule has 2 rings (SSSR count). The van der Waals surface area contributed by atoms with E-state index in [9.17, 15) is 9.90 Å². The van der Waals surface area contributed by atoms with Crippen LogP contribution in [0.4, 0.5) is 0 Å². The summed E-state index contributed by atoms with van der Waals surface area (Å²) in [7, 11) is 0. The summed E-state index contributed by atoms with van der Waals surface area (Å²) in [5.74, 6) is -0.544. The Morgan fingerprint density at radius 2 is 2.22 bits per heavy atom. The molecule has 0 saturated carbocycles. The molecule has 6 nitrogen and oxygen atoms in total. The Kier molecular flexibility index (Phi) is 3.52. The van der Waals surface area contributed by atoms with E-state index in [4.69, 9.17) is 5.11 Å². The molecule has 18 heavy (non-hydrogen) atoms. The first-order chi connectivity index (χ1) is 8.56. The van der Waals surface area contributed by atoms with Gasteiger partial charge in [0.1, 0.15) is 0 Å². The first-order valence-electron chi connectivity index (χ1n) is 5.16. The number of phenolic OH excluding ortho intramolecular Hbond substituents is 2. The molecule has 0 fully saturated rings. The molecule has 0 aliphatic carbocycles. The van der Waals surface area contributed by atoms with Gasteiger partial charge >= 0.3 is 0 Å². The van der Waals surface area contributed by atoms with Crippen LogP contribution in [-0.2, 0) is 4.79 Å². The molecule has 1 aromatic rings. The van der Waals surface area contributed by atoms with Gasteiger partial charge in [0.2, 0.25) is 5.17 Å². The summed E-state index contributed by atoms with van der Waals surface area (Å²) in [4.78, 5) is 15.2. The summed E-state index contributed by atoms with van der Waals surface area (Å²) >= 11 is 1.25. The van der Waals surface area contributed by atoms with E-state index in [1.165, 1.54) is 30.1 Å². The molecule has 7 heteroatoms. The van der Waals surface area contributed by atoms with Crippen molar-refractivity contribution in [1.29, 1.82) is 0 Å². The van der Waals surface area contributed by atoms with Crippen LogP contribution in [0.5, 0.6) is 11.5 Å². The van der Waals surface area contributed by atoms with Crippen molar-refractivity contribution < 1.29 is 15.0 Å². The van der Waals surface area contributed by atoms with Crippen molar-refractivity contribution >= 4 is 29.1 Å². The molecule has 0 bridgehead atoms. The van der Waals surface area contributed by atoms with Crippen LogP contribution in [0, 0.1) is 0 Å². The summed E-state index contributed by atoms with van der Waals surface area (Å²) in [5.41, 5.74) is 2.99. The summed E-state index contributed by atoms with van der Waals surface area (Å²) in [5, 5.41) is 22.5. The van der Waals surface area contributed by atoms with Crippen LogP contribution in [-0.4, -0.2) is 32.8 Å². The predicted octanol–water partition coefficient (Wildman–Crippen LogP) is 1.04. The van der Waals surface area contributed by atoms with Gasteiger partial charge in [-0.15, -0.1) is 5.10 Å². The van der Waals surface area contributed by atoms with Gasteiger partial charge in [-0.25, -0.2) is 10.4 Å². The fourth-order valence-corrected chi connectivity index (χ4v) is 1.93. The Morgan fingerprint density at radius 3 is 2.89 bits per heavy atom. The zero-order valence-electron chi connectivity index (χ0n) is 9.49. The lowest BCUT2D eigenvalue weighted by molar-refractivity contribution is -0.120. The lowest BCUT2D eigenvalue weighted by Gasteiger charge is -2.13. The number of amidine groups is 1. The molecule has 1 unspecified atom stereocenters. The van der Waals surface area contributed by atoms with E-state index in [2.05, 4.69) is 15.5 Å². The minimum Gasteiger partial charge on any atom is -0.504 e. The highest BCUT2D eigenvalue weighted by molar-refractivity contribution is 8.15. The third-order valence-corrected chi connectivity index (χ3v) is 3.21. The second kappa shape index (κ2) is 5.09. The van der Waals surface area contributed by atoms with Crippen LogP contribution in [0.1, 0.15) is 12.5 Å². The number of phenols is 2. The third-order valence-electron chi connectivity index (χ3n) is 2.24. The number of carbonyl (C=O) groups excluding carboxylic acids is 1. The molecule has 1 heterocycles. The Labute approximate surface area is 107 Å². The lowest BCUT2D eigenvalue weighted by Crippen LogP contribution is -2.32. The van der Waals surface area contributed by atoms with Gasteiger partial charge in [0, 0.05) is 6.21 Å². The number of hydrogen-bond acceptors (Lipinski definition) is 6. The van der Waals surface area contributed by atoms with E-state index in [1.54, 1.807) is 13.0 Å². The highest BCUT2D eigenvalue weighted by Crippen LogP contribution is 2.24. The van der Waals surface area contributed by atoms with Crippen LogP contribution in [0.2, 0.25) is 0 Å². The van der Waals surface area contributed by atoms with Gasteiger partial charge < -0.3 is 10.2 Å². The van der Waals surface area contributed by atoms with E-state index in [0.717, 1.165) is 0 Å². The molecule has 0 spiro atoms. The van der Waals surface area contributed by atoms with Crippen LogP contribution in [0.25, 0.3) is 0 Å². The van der Waals surface area contributed by atoms with Crippen molar-refractivity contribution in [3.8, 4) is 11.5 Å². The van der Waals surface area contributed by atoms with E-state index >= 15 is 0 Å². The smallest absolute Gasteiger partial charge is 0.253 e. The molecule has 94 valence electrons. The summed E-state index contributed by atoms with van der Waals surface area (Å²) in [6, 6.07) is 4.36. The van der Waals surface area contributed by atoms with Crippen LogP contribution >= 0.6 is 11.8 Å². The van der Waals surface area contributed by atoms with E-state index in [-0.39, 0.29) is 22.7 Å². The Balaban J connectivity index is 2.11. The fourth-order valence-electron chi connectivity index (χ4n) is 1.24. The van der Waals surface area contributed by atoms with Crippen molar-refractivity contribution in [2.45, 2.75) is 12.2 Å². The molecular formula is C11H11N3O3S. The average Bonchev–Trinajstić information content (AvgIpc) is 2.35. The Bertz CT molecular complexity index is 542. The molecule has 1 amide bonds. The van der Waals surface area contributed by atoms with Crippen LogP contribution in [0.15, 0.2) is 28.3 Å². The molecular weight excluding hydrogens is 254 g/mol. The molecule has 0 aromatic heterocycles. The summed E-state index contributed by atoms with van der Waals surface area (Å²) < 4.78 is 0. The highest BCUT2D eigenvalue weighted by atomic mass is 32.2. The first kappa shape index (κ1) is 12.4. The van der Waals surface area contributed by atoms with Crippen LogP contribution < -0.4 is 5.43 Å². The number of nitrogens with zero attached hydrogens (tertiary/aromatic N) is 2. The number of carbonyl (C=O) groups is 1. The number of thioether (sulfide) groups is 1. The minimum atomic E-state index is -0.233. The van der Waals surface area contributed by atoms with Gasteiger partial charge in [-0.1, -0.05) is 11.8 Å². The zero-order chi connectivity index (χ0) is 13.1. The van der Waals surface area contributed by atoms with E-state index in [0.29, 0.717) is 10.7 Å². The maximum Gasteiger partial charge on any atom is 0.253 e. The van der Waals surface area contributed by atoms with Crippen molar-refractivity contribution in [3.05, 3.63) is 23.8 Å². The van der Waals surface area contributed by atoms with Gasteiger partial charge in [-0.2, -0.15) is 0 Å². The third kappa shape index (κ3) is 2.80. The number of aromatic hydroxyl groups is 2. The number of hydrogen-bond donors (Lipinski definition) is 3. The quantitative estimate of drug-likeness (QED) is 0.522. The van der Waals surface area contributed by atoms with Gasteiger partial charge in [0.15, 0.2) is 11.5 Å². The van der Waals surface area contributed by atoms with Gasteiger partial charge in [0.25, 0.3) is 5.91 Å². The standard InChI is InChI=1S/C11H11N3O3S/c1-6-10(17)13-14-11(18-6)12-5-7-2-3-8(15)9(16)4-7/h2-6,15-16H,1H3,(H,13,17)/b12-5+. The van der Waals surface area contributed by atoms with E-state index in [1.807, 2.05) is 0 Å². The Morgan fingerprint density at radius 1 is 1.44 bits per heavy atom. The largest absolute Gasteiger partial charge is 0.504 e. The maximum absolute atomic E-state index is 11.1. The Hall–Kier alpha value is -2.02. The zero-order valence-corrected chi connectivity index (χ0v) is 10.3. The number of aliphatic imine (C=N–C) groups is 1. The van der Waals surface area contributed by atoms with Crippen molar-refractivity contribution in [1.82, 2.24) is 5.43 Å². The molecule has 0 saturated heterocycles. The number of benzene rings is 1. The van der Waals surface area contributed by atoms with Crippen molar-refractivity contribution in [3.63, 3.8) is 0 Å². The monoisotopic (exact) mass is 265 g/mol. The molecule has 0 radical (unpaired) electrons. The average molecular weight is 265 g/mol. The number of nitrogens with one attached hydrogen (secondary N) is 1. The second-order valence-electron chi connectivity index (χ2n) is 3.64. The van der Waals surface area contributed by atoms with Gasteiger partial charge in [-0.05, 0) is 30.7 Å². The SMILES string of the molecule is CC1SC(/N=C/c2ccc(O)c(O)c2)=NNC1=O. The van der Waals surface area contributed by atoms with Gasteiger partial charge in [0.05, 0.1) is 5.25 Å². The highest BCUT2D eigenvalue weighted by Gasteiger charge is 2.20. The molecule has 1 aliphatic heterocycles. The number of rotatable bonds is 1. The molecule has 1 aromatic carbocycles. The molecule has 1 atom stereocenters. The topological polar surface area (TPSA) is 94.3 Å². The summed E-state index contributed by atoms with van der Waals surface area (Å²) in [6.07, 6.45) is 1.50. The second-order valence-corrected chi connectivity index (χ2v) is 4.94. The van der Waals surface area contributed by atoms with Crippen LogP contribution in [0.3, 0.4) is 0 Å². The van der Waals surface area contributed by atoms with Gasteiger partial charge in [-0.3, -0.25) is 4.79 Å². The fraction of sp³-hybridized carbons (Fsp3) is 0.182. The number of hydrazone groups is 1. The molecule has 3 N–H and O–H groups in total. The van der Waals surface area contributed by atoms with Crippen molar-refractivity contribution in [2.24, 2.45) is 10.1 Å². The first-order valence-corrected chi connectivity index (χ1v) is 6.04. The summed E-state index contributed by atoms with van der Waals surface area (Å²) in [6.45, 7) is 1.76. The lowest BCUT2D eigenvalue weighted by atomic mass is 10.2. The maximum atomic E-state index is 11.1. The van der Waals surface area contributed by atoms with Crippen molar-refractivity contribution in [2.75, 3.05) is 0 Å². The minimum absolute atomic E-state index is 0.152.